The van der Waals surface area contributed by atoms with Gasteiger partial charge in [0.25, 0.3) is 0 Å². The van der Waals surface area contributed by atoms with E-state index in [1.165, 1.54) is 6.08 Å². The molecule has 4 nitrogen and oxygen atoms in total. The molecule has 0 aromatic heterocycles. The number of methoxy groups -OCH3 is 1. The SMILES string of the molecule is COCCC(C)(O)CNC(=O)/C=C/c1ccc(Cl)cc1. The van der Waals surface area contributed by atoms with Crippen LogP contribution in [0, 0.1) is 0 Å². The largest absolute Gasteiger partial charge is 0.388 e. The van der Waals surface area contributed by atoms with E-state index in [0.717, 1.165) is 5.56 Å². The summed E-state index contributed by atoms with van der Waals surface area (Å²) in [5, 5.41) is 13.3. The molecule has 0 heterocycles. The van der Waals surface area contributed by atoms with E-state index in [9.17, 15) is 9.90 Å². The molecule has 1 aromatic carbocycles. The topological polar surface area (TPSA) is 58.6 Å². The number of nitrogens with one attached hydrogen (secondary N) is 1. The molecule has 1 aromatic rings. The molecule has 0 radical (unpaired) electrons. The average molecular weight is 298 g/mol. The molecular formula is C15H20ClNO3. The molecule has 0 saturated heterocycles. The van der Waals surface area contributed by atoms with E-state index in [2.05, 4.69) is 5.32 Å². The van der Waals surface area contributed by atoms with Gasteiger partial charge in [0, 0.05) is 37.8 Å². The Morgan fingerprint density at radius 1 is 1.45 bits per heavy atom. The number of hydrogen-bond donors (Lipinski definition) is 2. The smallest absolute Gasteiger partial charge is 0.244 e. The highest BCUT2D eigenvalue weighted by Crippen LogP contribution is 2.10. The maximum atomic E-state index is 11.6. The fraction of sp³-hybridized carbons (Fsp3) is 0.400. The number of ether oxygens (including phenoxy) is 1. The minimum Gasteiger partial charge on any atom is -0.388 e. The second-order valence-electron chi connectivity index (χ2n) is 4.84. The summed E-state index contributed by atoms with van der Waals surface area (Å²) in [7, 11) is 1.57. The zero-order valence-corrected chi connectivity index (χ0v) is 12.5. The van der Waals surface area contributed by atoms with Crippen LogP contribution < -0.4 is 5.32 Å². The summed E-state index contributed by atoms with van der Waals surface area (Å²) in [4.78, 5) is 11.6. The minimum atomic E-state index is -0.972. The van der Waals surface area contributed by atoms with Crippen molar-refractivity contribution in [1.82, 2.24) is 5.32 Å². The van der Waals surface area contributed by atoms with Gasteiger partial charge in [-0.2, -0.15) is 0 Å². The van der Waals surface area contributed by atoms with E-state index >= 15 is 0 Å². The first-order chi connectivity index (χ1) is 9.43. The summed E-state index contributed by atoms with van der Waals surface area (Å²) >= 11 is 5.77. The predicted molar refractivity (Wildman–Crippen MR) is 80.6 cm³/mol. The quantitative estimate of drug-likeness (QED) is 0.759. The second kappa shape index (κ2) is 8.04. The summed E-state index contributed by atoms with van der Waals surface area (Å²) in [6.07, 6.45) is 3.58. The molecule has 1 unspecified atom stereocenters. The first kappa shape index (κ1) is 16.7. The Bertz CT molecular complexity index is 455. The maximum Gasteiger partial charge on any atom is 0.244 e. The minimum absolute atomic E-state index is 0.181. The van der Waals surface area contributed by atoms with Crippen LogP contribution in [0.1, 0.15) is 18.9 Å². The molecule has 110 valence electrons. The van der Waals surface area contributed by atoms with Gasteiger partial charge in [0.05, 0.1) is 5.60 Å². The first-order valence-electron chi connectivity index (χ1n) is 6.36. The van der Waals surface area contributed by atoms with Crippen molar-refractivity contribution in [2.75, 3.05) is 20.3 Å². The van der Waals surface area contributed by atoms with Gasteiger partial charge in [-0.05, 0) is 30.7 Å². The van der Waals surface area contributed by atoms with Crippen LogP contribution in [0.4, 0.5) is 0 Å². The van der Waals surface area contributed by atoms with E-state index in [1.54, 1.807) is 32.2 Å². The van der Waals surface area contributed by atoms with Gasteiger partial charge in [0.2, 0.25) is 5.91 Å². The van der Waals surface area contributed by atoms with E-state index < -0.39 is 5.60 Å². The Balaban J connectivity index is 2.41. The van der Waals surface area contributed by atoms with Gasteiger partial charge >= 0.3 is 0 Å². The summed E-state index contributed by atoms with van der Waals surface area (Å²) in [6, 6.07) is 7.16. The number of halogens is 1. The van der Waals surface area contributed by atoms with E-state index in [-0.39, 0.29) is 12.5 Å². The van der Waals surface area contributed by atoms with Crippen LogP contribution in [0.2, 0.25) is 5.02 Å². The molecule has 1 atom stereocenters. The first-order valence-corrected chi connectivity index (χ1v) is 6.73. The van der Waals surface area contributed by atoms with Crippen LogP contribution in [0.15, 0.2) is 30.3 Å². The van der Waals surface area contributed by atoms with E-state index in [1.807, 2.05) is 12.1 Å². The van der Waals surface area contributed by atoms with Gasteiger partial charge in [-0.25, -0.2) is 0 Å². The number of carbonyl (C=O) groups is 1. The fourth-order valence-electron chi connectivity index (χ4n) is 1.49. The molecule has 0 aliphatic heterocycles. The zero-order chi connectivity index (χ0) is 15.0. The molecule has 0 bridgehead atoms. The Labute approximate surface area is 124 Å². The summed E-state index contributed by atoms with van der Waals surface area (Å²) < 4.78 is 4.90. The van der Waals surface area contributed by atoms with Gasteiger partial charge in [0.1, 0.15) is 0 Å². The van der Waals surface area contributed by atoms with Crippen molar-refractivity contribution in [2.45, 2.75) is 18.9 Å². The van der Waals surface area contributed by atoms with Crippen molar-refractivity contribution < 1.29 is 14.6 Å². The molecule has 0 spiro atoms. The molecule has 5 heteroatoms. The van der Waals surface area contributed by atoms with Crippen LogP contribution in [0.5, 0.6) is 0 Å². The predicted octanol–water partition coefficient (Wildman–Crippen LogP) is 2.26. The van der Waals surface area contributed by atoms with Crippen molar-refractivity contribution in [3.05, 3.63) is 40.9 Å². The van der Waals surface area contributed by atoms with E-state index in [4.69, 9.17) is 16.3 Å². The normalized spacial score (nSPS) is 14.2. The molecule has 0 aliphatic rings. The molecular weight excluding hydrogens is 278 g/mol. The summed E-state index contributed by atoms with van der Waals surface area (Å²) in [6.45, 7) is 2.29. The maximum absolute atomic E-state index is 11.6. The Morgan fingerprint density at radius 2 is 2.10 bits per heavy atom. The number of hydrogen-bond acceptors (Lipinski definition) is 3. The van der Waals surface area contributed by atoms with Crippen LogP contribution >= 0.6 is 11.6 Å². The second-order valence-corrected chi connectivity index (χ2v) is 5.28. The number of benzene rings is 1. The highest BCUT2D eigenvalue weighted by atomic mass is 35.5. The standard InChI is InChI=1S/C15H20ClNO3/c1-15(19,9-10-20-2)11-17-14(18)8-5-12-3-6-13(16)7-4-12/h3-8,19H,9-11H2,1-2H3,(H,17,18)/b8-5+. The monoisotopic (exact) mass is 297 g/mol. The van der Waals surface area contributed by atoms with E-state index in [0.29, 0.717) is 18.1 Å². The number of carbonyl (C=O) groups excluding carboxylic acids is 1. The van der Waals surface area contributed by atoms with Crippen molar-refractivity contribution >= 4 is 23.6 Å². The lowest BCUT2D eigenvalue weighted by Gasteiger charge is -2.22. The molecule has 0 saturated carbocycles. The van der Waals surface area contributed by atoms with Gasteiger partial charge in [-0.3, -0.25) is 4.79 Å². The Morgan fingerprint density at radius 3 is 2.70 bits per heavy atom. The van der Waals surface area contributed by atoms with Crippen molar-refractivity contribution in [3.8, 4) is 0 Å². The molecule has 1 amide bonds. The molecule has 0 aliphatic carbocycles. The van der Waals surface area contributed by atoms with Crippen LogP contribution in [0.3, 0.4) is 0 Å². The summed E-state index contributed by atoms with van der Waals surface area (Å²) in [5.74, 6) is -0.252. The highest BCUT2D eigenvalue weighted by Gasteiger charge is 2.20. The molecule has 1 rings (SSSR count). The zero-order valence-electron chi connectivity index (χ0n) is 11.7. The Kier molecular flexibility index (Phi) is 6.71. The molecule has 0 fully saturated rings. The molecule has 2 N–H and O–H groups in total. The number of aliphatic hydroxyl groups is 1. The lowest BCUT2D eigenvalue weighted by Crippen LogP contribution is -2.40. The third-order valence-corrected chi connectivity index (χ3v) is 3.04. The third kappa shape index (κ3) is 6.70. The van der Waals surface area contributed by atoms with Crippen molar-refractivity contribution in [3.63, 3.8) is 0 Å². The van der Waals surface area contributed by atoms with Gasteiger partial charge in [0.15, 0.2) is 0 Å². The van der Waals surface area contributed by atoms with Gasteiger partial charge in [-0.1, -0.05) is 23.7 Å². The molecule has 20 heavy (non-hydrogen) atoms. The number of amides is 1. The lowest BCUT2D eigenvalue weighted by atomic mass is 10.0. The average Bonchev–Trinajstić information content (AvgIpc) is 2.42. The van der Waals surface area contributed by atoms with Crippen molar-refractivity contribution in [2.24, 2.45) is 0 Å². The van der Waals surface area contributed by atoms with Crippen LogP contribution in [0.25, 0.3) is 6.08 Å². The number of rotatable bonds is 7. The lowest BCUT2D eigenvalue weighted by molar-refractivity contribution is -0.117. The third-order valence-electron chi connectivity index (χ3n) is 2.79. The highest BCUT2D eigenvalue weighted by molar-refractivity contribution is 6.30. The van der Waals surface area contributed by atoms with Crippen LogP contribution in [-0.2, 0) is 9.53 Å². The van der Waals surface area contributed by atoms with Gasteiger partial charge in [-0.15, -0.1) is 0 Å². The van der Waals surface area contributed by atoms with Gasteiger partial charge < -0.3 is 15.2 Å². The summed E-state index contributed by atoms with van der Waals surface area (Å²) in [5.41, 5.74) is -0.0875. The fourth-order valence-corrected chi connectivity index (χ4v) is 1.62. The Hall–Kier alpha value is -1.36. The van der Waals surface area contributed by atoms with Crippen molar-refractivity contribution in [1.29, 1.82) is 0 Å². The van der Waals surface area contributed by atoms with Crippen LogP contribution in [-0.4, -0.2) is 36.9 Å².